The molecule has 0 saturated carbocycles. The Balaban J connectivity index is 1.88. The van der Waals surface area contributed by atoms with Crippen molar-refractivity contribution in [1.82, 2.24) is 9.88 Å². The van der Waals surface area contributed by atoms with Crippen LogP contribution in [0.1, 0.15) is 18.9 Å². The molecule has 6 nitrogen and oxygen atoms in total. The first-order chi connectivity index (χ1) is 12.7. The maximum absolute atomic E-state index is 10.9. The molecule has 138 valence electrons. The van der Waals surface area contributed by atoms with Crippen molar-refractivity contribution >= 4 is 5.97 Å². The van der Waals surface area contributed by atoms with Crippen LogP contribution in [-0.2, 0) is 16.1 Å². The van der Waals surface area contributed by atoms with Crippen molar-refractivity contribution in [2.45, 2.75) is 25.9 Å². The van der Waals surface area contributed by atoms with Gasteiger partial charge >= 0.3 is 5.97 Å². The molecule has 2 aromatic rings. The van der Waals surface area contributed by atoms with Crippen LogP contribution >= 0.6 is 0 Å². The summed E-state index contributed by atoms with van der Waals surface area (Å²) in [5.41, 5.74) is 2.84. The van der Waals surface area contributed by atoms with Crippen molar-refractivity contribution in [2.75, 3.05) is 26.4 Å². The number of morpholine rings is 1. The Morgan fingerprint density at radius 2 is 2.27 bits per heavy atom. The third kappa shape index (κ3) is 4.59. The van der Waals surface area contributed by atoms with Gasteiger partial charge in [0.2, 0.25) is 0 Å². The minimum absolute atomic E-state index is 0.351. The van der Waals surface area contributed by atoms with Gasteiger partial charge in [-0.3, -0.25) is 9.88 Å². The molecule has 0 aliphatic carbocycles. The highest BCUT2D eigenvalue weighted by Gasteiger charge is 2.23. The van der Waals surface area contributed by atoms with Crippen LogP contribution in [0.5, 0.6) is 5.75 Å². The molecule has 1 atom stereocenters. The van der Waals surface area contributed by atoms with Gasteiger partial charge < -0.3 is 14.6 Å². The highest BCUT2D eigenvalue weighted by atomic mass is 16.5. The number of carbonyl (C=O) groups is 1. The lowest BCUT2D eigenvalue weighted by Crippen LogP contribution is -2.44. The predicted molar refractivity (Wildman–Crippen MR) is 98.1 cm³/mol. The average Bonchev–Trinajstić information content (AvgIpc) is 2.68. The number of hydrogen-bond donors (Lipinski definition) is 1. The van der Waals surface area contributed by atoms with E-state index in [0.29, 0.717) is 24.9 Å². The number of pyridine rings is 1. The van der Waals surface area contributed by atoms with Gasteiger partial charge in [0, 0.05) is 36.5 Å². The second kappa shape index (κ2) is 8.78. The fourth-order valence-corrected chi connectivity index (χ4v) is 3.17. The van der Waals surface area contributed by atoms with Gasteiger partial charge in [-0.25, -0.2) is 4.79 Å². The summed E-state index contributed by atoms with van der Waals surface area (Å²) in [7, 11) is 0. The molecule has 1 fully saturated rings. The van der Waals surface area contributed by atoms with Crippen LogP contribution in [0.4, 0.5) is 0 Å². The number of hydrogen-bond acceptors (Lipinski definition) is 5. The zero-order chi connectivity index (χ0) is 18.4. The predicted octanol–water partition coefficient (Wildman–Crippen LogP) is 2.82. The number of aliphatic carboxylic acids is 1. The van der Waals surface area contributed by atoms with Gasteiger partial charge in [0.15, 0.2) is 6.61 Å². The highest BCUT2D eigenvalue weighted by molar-refractivity contribution is 5.69. The molecule has 0 bridgehead atoms. The van der Waals surface area contributed by atoms with E-state index in [1.165, 1.54) is 0 Å². The normalized spacial score (nSPS) is 17.8. The third-order valence-corrected chi connectivity index (χ3v) is 4.57. The molecule has 2 heterocycles. The van der Waals surface area contributed by atoms with Gasteiger partial charge in [-0.1, -0.05) is 13.0 Å². The van der Waals surface area contributed by atoms with Gasteiger partial charge in [0.25, 0.3) is 0 Å². The summed E-state index contributed by atoms with van der Waals surface area (Å²) in [6.07, 6.45) is 2.77. The largest absolute Gasteiger partial charge is 0.482 e. The van der Waals surface area contributed by atoms with Crippen molar-refractivity contribution in [3.8, 4) is 17.0 Å². The van der Waals surface area contributed by atoms with Gasteiger partial charge in [0.05, 0.1) is 18.9 Å². The molecular formula is C20H24N2O4. The monoisotopic (exact) mass is 356 g/mol. The second-order valence-electron chi connectivity index (χ2n) is 6.33. The van der Waals surface area contributed by atoms with Crippen LogP contribution in [0.2, 0.25) is 0 Å². The Morgan fingerprint density at radius 1 is 1.38 bits per heavy atom. The zero-order valence-electron chi connectivity index (χ0n) is 14.9. The van der Waals surface area contributed by atoms with Crippen LogP contribution in [0, 0.1) is 0 Å². The summed E-state index contributed by atoms with van der Waals surface area (Å²) in [4.78, 5) is 17.7. The van der Waals surface area contributed by atoms with E-state index in [2.05, 4.69) is 16.8 Å². The molecular weight excluding hydrogens is 332 g/mol. The number of ether oxygens (including phenoxy) is 2. The molecule has 1 N–H and O–H groups in total. The van der Waals surface area contributed by atoms with Crippen molar-refractivity contribution in [2.24, 2.45) is 0 Å². The number of aromatic nitrogens is 1. The van der Waals surface area contributed by atoms with E-state index >= 15 is 0 Å². The average molecular weight is 356 g/mol. The fourth-order valence-electron chi connectivity index (χ4n) is 3.17. The van der Waals surface area contributed by atoms with Crippen LogP contribution in [0.15, 0.2) is 42.6 Å². The summed E-state index contributed by atoms with van der Waals surface area (Å²) in [6, 6.07) is 11.9. The van der Waals surface area contributed by atoms with Crippen LogP contribution in [0.3, 0.4) is 0 Å². The fraction of sp³-hybridized carbons (Fsp3) is 0.400. The smallest absolute Gasteiger partial charge is 0.341 e. The van der Waals surface area contributed by atoms with E-state index < -0.39 is 5.97 Å². The lowest BCUT2D eigenvalue weighted by molar-refractivity contribution is -0.139. The van der Waals surface area contributed by atoms with Crippen molar-refractivity contribution in [1.29, 1.82) is 0 Å². The quantitative estimate of drug-likeness (QED) is 0.822. The number of rotatable bonds is 7. The molecule has 1 saturated heterocycles. The van der Waals surface area contributed by atoms with Gasteiger partial charge in [0.1, 0.15) is 5.75 Å². The Hall–Kier alpha value is -2.44. The van der Waals surface area contributed by atoms with Crippen LogP contribution in [0.25, 0.3) is 11.3 Å². The summed E-state index contributed by atoms with van der Waals surface area (Å²) >= 11 is 0. The van der Waals surface area contributed by atoms with E-state index in [-0.39, 0.29) is 6.61 Å². The lowest BCUT2D eigenvalue weighted by atomic mass is 10.0. The number of nitrogens with zero attached hydrogens (tertiary/aromatic N) is 2. The standard InChI is InChI=1S/C20H24N2O4/c1-2-17-13-25-10-9-22(17)12-16-11-15(18-5-3-4-8-21-18)6-7-19(16)26-14-20(23)24/h3-8,11,17H,2,9-10,12-14H2,1H3,(H,23,24)/t17-/m0/s1. The second-order valence-corrected chi connectivity index (χ2v) is 6.33. The topological polar surface area (TPSA) is 71.9 Å². The van der Waals surface area contributed by atoms with E-state index in [1.807, 2.05) is 36.4 Å². The first-order valence-electron chi connectivity index (χ1n) is 8.88. The number of carboxylic acids is 1. The Labute approximate surface area is 153 Å². The minimum atomic E-state index is -0.984. The summed E-state index contributed by atoms with van der Waals surface area (Å²) in [6.45, 7) is 4.78. The lowest BCUT2D eigenvalue weighted by Gasteiger charge is -2.35. The summed E-state index contributed by atoms with van der Waals surface area (Å²) < 4.78 is 11.1. The Morgan fingerprint density at radius 3 is 3.00 bits per heavy atom. The van der Waals surface area contributed by atoms with Crippen LogP contribution < -0.4 is 4.74 Å². The van der Waals surface area contributed by atoms with Crippen molar-refractivity contribution in [3.05, 3.63) is 48.2 Å². The molecule has 0 amide bonds. The molecule has 26 heavy (non-hydrogen) atoms. The van der Waals surface area contributed by atoms with Crippen molar-refractivity contribution < 1.29 is 19.4 Å². The summed E-state index contributed by atoms with van der Waals surface area (Å²) in [5.74, 6) is -0.379. The van der Waals surface area contributed by atoms with E-state index in [9.17, 15) is 4.79 Å². The van der Waals surface area contributed by atoms with E-state index in [0.717, 1.165) is 36.4 Å². The maximum Gasteiger partial charge on any atom is 0.341 e. The van der Waals surface area contributed by atoms with E-state index in [4.69, 9.17) is 14.6 Å². The molecule has 1 aromatic heterocycles. The first-order valence-corrected chi connectivity index (χ1v) is 8.88. The van der Waals surface area contributed by atoms with Gasteiger partial charge in [-0.2, -0.15) is 0 Å². The SMILES string of the molecule is CC[C@H]1COCCN1Cc1cc(-c2ccccn2)ccc1OCC(=O)O. The molecule has 1 aliphatic heterocycles. The number of benzene rings is 1. The minimum Gasteiger partial charge on any atom is -0.482 e. The molecule has 6 heteroatoms. The Bertz CT molecular complexity index is 736. The number of carboxylic acid groups (broad SMARTS) is 1. The first kappa shape index (κ1) is 18.4. The van der Waals surface area contributed by atoms with Crippen molar-refractivity contribution in [3.63, 3.8) is 0 Å². The molecule has 1 aromatic carbocycles. The molecule has 3 rings (SSSR count). The summed E-state index contributed by atoms with van der Waals surface area (Å²) in [5, 5.41) is 8.94. The van der Waals surface area contributed by atoms with E-state index in [1.54, 1.807) is 6.20 Å². The maximum atomic E-state index is 10.9. The molecule has 1 aliphatic rings. The Kier molecular flexibility index (Phi) is 6.20. The zero-order valence-corrected chi connectivity index (χ0v) is 14.9. The molecule has 0 unspecified atom stereocenters. The molecule has 0 radical (unpaired) electrons. The molecule has 0 spiro atoms. The van der Waals surface area contributed by atoms with Gasteiger partial charge in [-0.15, -0.1) is 0 Å². The van der Waals surface area contributed by atoms with Gasteiger partial charge in [-0.05, 0) is 36.8 Å². The van der Waals surface area contributed by atoms with Crippen LogP contribution in [-0.4, -0.2) is 53.4 Å². The third-order valence-electron chi connectivity index (χ3n) is 4.57. The highest BCUT2D eigenvalue weighted by Crippen LogP contribution is 2.28.